The average Bonchev–Trinajstić information content (AvgIpc) is 3.00. The van der Waals surface area contributed by atoms with Crippen LogP contribution in [0.1, 0.15) is 43.0 Å². The maximum Gasteiger partial charge on any atom is 0.142 e. The second kappa shape index (κ2) is 6.65. The minimum atomic E-state index is 0.562. The van der Waals surface area contributed by atoms with E-state index in [1.807, 2.05) is 18.5 Å². The molecule has 1 aliphatic heterocycles. The van der Waals surface area contributed by atoms with Crippen molar-refractivity contribution in [3.63, 3.8) is 0 Å². The molecule has 3 heterocycles. The zero-order valence-corrected chi connectivity index (χ0v) is 14.6. The van der Waals surface area contributed by atoms with Gasteiger partial charge in [-0.15, -0.1) is 0 Å². The third-order valence-corrected chi connectivity index (χ3v) is 5.42. The number of nitrogens with zero attached hydrogens (tertiary/aromatic N) is 4. The number of rotatable bonds is 6. The van der Waals surface area contributed by atoms with Crippen molar-refractivity contribution in [2.75, 3.05) is 20.1 Å². The molecule has 1 saturated heterocycles. The van der Waals surface area contributed by atoms with Crippen LogP contribution >= 0.6 is 0 Å². The van der Waals surface area contributed by atoms with Gasteiger partial charge in [-0.1, -0.05) is 6.92 Å². The van der Waals surface area contributed by atoms with Crippen molar-refractivity contribution in [3.05, 3.63) is 47.9 Å². The Morgan fingerprint density at radius 1 is 1.29 bits per heavy atom. The van der Waals surface area contributed by atoms with Gasteiger partial charge in [0.05, 0.1) is 13.1 Å². The lowest BCUT2D eigenvalue weighted by Gasteiger charge is -2.23. The van der Waals surface area contributed by atoms with Gasteiger partial charge in [0.15, 0.2) is 0 Å². The van der Waals surface area contributed by atoms with Gasteiger partial charge in [-0.05, 0) is 44.0 Å². The van der Waals surface area contributed by atoms with Crippen LogP contribution in [0.2, 0.25) is 0 Å². The molecule has 0 aromatic carbocycles. The second-order valence-electron chi connectivity index (χ2n) is 7.38. The summed E-state index contributed by atoms with van der Waals surface area (Å²) < 4.78 is 6.06. The van der Waals surface area contributed by atoms with E-state index in [4.69, 9.17) is 4.42 Å². The van der Waals surface area contributed by atoms with Crippen molar-refractivity contribution in [3.8, 4) is 0 Å². The maximum absolute atomic E-state index is 6.06. The number of likely N-dealkylation sites (tertiary alicyclic amines) is 1. The molecular formula is C19H26N4O. The lowest BCUT2D eigenvalue weighted by Crippen LogP contribution is -2.34. The fourth-order valence-electron chi connectivity index (χ4n) is 3.70. The number of likely N-dealkylation sites (N-methyl/N-ethyl adjacent to an activating group) is 1. The molecule has 0 spiro atoms. The molecule has 128 valence electrons. The van der Waals surface area contributed by atoms with Gasteiger partial charge < -0.3 is 4.42 Å². The first-order chi connectivity index (χ1) is 11.7. The summed E-state index contributed by atoms with van der Waals surface area (Å²) in [4.78, 5) is 13.5. The van der Waals surface area contributed by atoms with Crippen molar-refractivity contribution in [2.24, 2.45) is 5.92 Å². The van der Waals surface area contributed by atoms with Gasteiger partial charge >= 0.3 is 0 Å². The molecule has 2 aromatic heterocycles. The Morgan fingerprint density at radius 3 is 2.83 bits per heavy atom. The Bertz CT molecular complexity index is 671. The van der Waals surface area contributed by atoms with E-state index in [-0.39, 0.29) is 0 Å². The standard InChI is InChI=1S/C19H26N4O/c1-14-10-17(14)18-5-4-16(24-18)12-23-9-6-15(11-23)22(2)13-19-20-7-3-8-21-19/h3-5,7-8,14-15,17H,6,9-13H2,1-2H3/t14-,15-,17+/m1/s1. The Labute approximate surface area is 143 Å². The molecule has 1 saturated carbocycles. The average molecular weight is 326 g/mol. The number of hydrogen-bond acceptors (Lipinski definition) is 5. The highest BCUT2D eigenvalue weighted by molar-refractivity contribution is 5.17. The van der Waals surface area contributed by atoms with Crippen molar-refractivity contribution < 1.29 is 4.42 Å². The zero-order valence-electron chi connectivity index (χ0n) is 14.6. The molecule has 24 heavy (non-hydrogen) atoms. The van der Waals surface area contributed by atoms with E-state index in [0.29, 0.717) is 12.0 Å². The normalized spacial score (nSPS) is 27.0. The van der Waals surface area contributed by atoms with Gasteiger partial charge in [-0.25, -0.2) is 9.97 Å². The summed E-state index contributed by atoms with van der Waals surface area (Å²) in [6.45, 7) is 6.24. The summed E-state index contributed by atoms with van der Waals surface area (Å²) in [6.07, 6.45) is 6.10. The van der Waals surface area contributed by atoms with E-state index >= 15 is 0 Å². The fraction of sp³-hybridized carbons (Fsp3) is 0.579. The van der Waals surface area contributed by atoms with E-state index < -0.39 is 0 Å². The molecule has 2 aliphatic rings. The monoisotopic (exact) mass is 326 g/mol. The van der Waals surface area contributed by atoms with E-state index in [9.17, 15) is 0 Å². The summed E-state index contributed by atoms with van der Waals surface area (Å²) in [5, 5.41) is 0. The van der Waals surface area contributed by atoms with Crippen LogP contribution in [-0.4, -0.2) is 45.9 Å². The first kappa shape index (κ1) is 15.8. The predicted octanol–water partition coefficient (Wildman–Crippen LogP) is 2.90. The largest absolute Gasteiger partial charge is 0.464 e. The van der Waals surface area contributed by atoms with Crippen LogP contribution in [0.3, 0.4) is 0 Å². The molecule has 4 rings (SSSR count). The van der Waals surface area contributed by atoms with Crippen LogP contribution in [0, 0.1) is 5.92 Å². The molecule has 1 aliphatic carbocycles. The third-order valence-electron chi connectivity index (χ3n) is 5.42. The van der Waals surface area contributed by atoms with Crippen LogP contribution in [0.15, 0.2) is 35.0 Å². The second-order valence-corrected chi connectivity index (χ2v) is 7.38. The fourth-order valence-corrected chi connectivity index (χ4v) is 3.70. The molecule has 0 bridgehead atoms. The summed E-state index contributed by atoms with van der Waals surface area (Å²) in [6, 6.07) is 6.76. The van der Waals surface area contributed by atoms with E-state index in [1.54, 1.807) is 0 Å². The van der Waals surface area contributed by atoms with Gasteiger partial charge in [-0.2, -0.15) is 0 Å². The van der Waals surface area contributed by atoms with Crippen molar-refractivity contribution >= 4 is 0 Å². The minimum Gasteiger partial charge on any atom is -0.464 e. The Morgan fingerprint density at radius 2 is 2.08 bits per heavy atom. The molecule has 2 aromatic rings. The van der Waals surface area contributed by atoms with Gasteiger partial charge in [0.25, 0.3) is 0 Å². The highest BCUT2D eigenvalue weighted by Gasteiger charge is 2.36. The first-order valence-electron chi connectivity index (χ1n) is 8.96. The van der Waals surface area contributed by atoms with Crippen LogP contribution < -0.4 is 0 Å². The molecule has 2 fully saturated rings. The summed E-state index contributed by atoms with van der Waals surface area (Å²) in [5.74, 6) is 4.66. The summed E-state index contributed by atoms with van der Waals surface area (Å²) >= 11 is 0. The Hall–Kier alpha value is -1.72. The highest BCUT2D eigenvalue weighted by atomic mass is 16.3. The predicted molar refractivity (Wildman–Crippen MR) is 92.4 cm³/mol. The van der Waals surface area contributed by atoms with E-state index in [0.717, 1.165) is 43.7 Å². The molecule has 3 atom stereocenters. The van der Waals surface area contributed by atoms with Gasteiger partial charge in [-0.3, -0.25) is 9.80 Å². The van der Waals surface area contributed by atoms with Crippen molar-refractivity contribution in [1.29, 1.82) is 0 Å². The molecule has 5 heteroatoms. The quantitative estimate of drug-likeness (QED) is 0.817. The molecule has 0 N–H and O–H groups in total. The van der Waals surface area contributed by atoms with Crippen molar-refractivity contribution in [1.82, 2.24) is 19.8 Å². The van der Waals surface area contributed by atoms with Crippen LogP contribution in [0.5, 0.6) is 0 Å². The maximum atomic E-state index is 6.06. The molecular weight excluding hydrogens is 300 g/mol. The van der Waals surface area contributed by atoms with Gasteiger partial charge in [0.2, 0.25) is 0 Å². The summed E-state index contributed by atoms with van der Waals surface area (Å²) in [5.41, 5.74) is 0. The first-order valence-corrected chi connectivity index (χ1v) is 8.96. The lowest BCUT2D eigenvalue weighted by atomic mass is 10.2. The smallest absolute Gasteiger partial charge is 0.142 e. The topological polar surface area (TPSA) is 45.4 Å². The molecule has 0 radical (unpaired) electrons. The zero-order chi connectivity index (χ0) is 16.5. The SMILES string of the molecule is C[C@@H]1C[C@@H]1c1ccc(CN2CC[C@@H](N(C)Cc3ncccn3)C2)o1. The van der Waals surface area contributed by atoms with Crippen LogP contribution in [-0.2, 0) is 13.1 Å². The molecule has 0 unspecified atom stereocenters. The van der Waals surface area contributed by atoms with Gasteiger partial charge in [0, 0.05) is 37.4 Å². The molecule has 0 amide bonds. The molecule has 5 nitrogen and oxygen atoms in total. The Kier molecular flexibility index (Phi) is 4.37. The highest BCUT2D eigenvalue weighted by Crippen LogP contribution is 2.47. The third kappa shape index (κ3) is 3.52. The van der Waals surface area contributed by atoms with Crippen molar-refractivity contribution in [2.45, 2.75) is 44.8 Å². The number of hydrogen-bond donors (Lipinski definition) is 0. The van der Waals surface area contributed by atoms with Crippen LogP contribution in [0.25, 0.3) is 0 Å². The summed E-state index contributed by atoms with van der Waals surface area (Å²) in [7, 11) is 2.17. The lowest BCUT2D eigenvalue weighted by molar-refractivity contribution is 0.213. The number of furan rings is 1. The van der Waals surface area contributed by atoms with E-state index in [1.165, 1.54) is 18.6 Å². The van der Waals surface area contributed by atoms with Gasteiger partial charge in [0.1, 0.15) is 17.3 Å². The minimum absolute atomic E-state index is 0.562. The van der Waals surface area contributed by atoms with Crippen LogP contribution in [0.4, 0.5) is 0 Å². The Balaban J connectivity index is 1.29. The number of aromatic nitrogens is 2. The van der Waals surface area contributed by atoms with E-state index in [2.05, 4.69) is 45.9 Å².